The van der Waals surface area contributed by atoms with Crippen molar-refractivity contribution in [1.82, 2.24) is 10.2 Å². The number of hydrogen-bond acceptors (Lipinski definition) is 7. The summed E-state index contributed by atoms with van der Waals surface area (Å²) in [5.41, 5.74) is 0.530. The fraction of sp³-hybridized carbons (Fsp3) is 0.481. The molecule has 0 aliphatic carbocycles. The van der Waals surface area contributed by atoms with Gasteiger partial charge in [-0.25, -0.2) is 8.42 Å². The number of carbonyl (C=O) groups excluding carboxylic acids is 2. The van der Waals surface area contributed by atoms with Gasteiger partial charge in [0.25, 0.3) is 0 Å². The molecule has 1 unspecified atom stereocenters. The summed E-state index contributed by atoms with van der Waals surface area (Å²) in [6, 6.07) is 11.0. The molecule has 0 bridgehead atoms. The Labute approximate surface area is 224 Å². The summed E-state index contributed by atoms with van der Waals surface area (Å²) in [7, 11) is -2.29. The van der Waals surface area contributed by atoms with Gasteiger partial charge in [0.1, 0.15) is 31.5 Å². The number of benzene rings is 2. The first-order valence-electron chi connectivity index (χ1n) is 12.5. The lowest BCUT2D eigenvalue weighted by Gasteiger charge is -2.33. The van der Waals surface area contributed by atoms with E-state index in [0.717, 1.165) is 9.87 Å². The van der Waals surface area contributed by atoms with E-state index in [9.17, 15) is 18.0 Å². The van der Waals surface area contributed by atoms with Crippen LogP contribution in [0.4, 0.5) is 5.69 Å². The molecule has 11 heteroatoms. The van der Waals surface area contributed by atoms with E-state index >= 15 is 0 Å². The third kappa shape index (κ3) is 7.31. The summed E-state index contributed by atoms with van der Waals surface area (Å²) in [6.45, 7) is 9.05. The van der Waals surface area contributed by atoms with Crippen LogP contribution in [0.3, 0.4) is 0 Å². The molecule has 0 fully saturated rings. The lowest BCUT2D eigenvalue weighted by Crippen LogP contribution is -2.54. The molecule has 1 N–H and O–H groups in total. The largest absolute Gasteiger partial charge is 0.497 e. The molecular weight excluding hydrogens is 510 g/mol. The lowest BCUT2D eigenvalue weighted by atomic mass is 10.1. The van der Waals surface area contributed by atoms with E-state index in [1.165, 1.54) is 11.8 Å². The normalized spacial score (nSPS) is 13.8. The average Bonchev–Trinajstić information content (AvgIpc) is 2.88. The maximum absolute atomic E-state index is 13.8. The lowest BCUT2D eigenvalue weighted by molar-refractivity contribution is -0.140. The number of ether oxygens (including phenoxy) is 3. The average molecular weight is 548 g/mol. The van der Waals surface area contributed by atoms with Crippen molar-refractivity contribution in [2.45, 2.75) is 52.7 Å². The Morgan fingerprint density at radius 3 is 2.26 bits per heavy atom. The fourth-order valence-corrected chi connectivity index (χ4v) is 4.94. The van der Waals surface area contributed by atoms with Crippen molar-refractivity contribution in [2.24, 2.45) is 0 Å². The summed E-state index contributed by atoms with van der Waals surface area (Å²) >= 11 is 0. The first-order chi connectivity index (χ1) is 17.8. The van der Waals surface area contributed by atoms with Crippen LogP contribution in [0.2, 0.25) is 0 Å². The Morgan fingerprint density at radius 1 is 1.05 bits per heavy atom. The summed E-state index contributed by atoms with van der Waals surface area (Å²) in [4.78, 5) is 28.2. The monoisotopic (exact) mass is 547 g/mol. The molecule has 1 atom stereocenters. The molecule has 2 aromatic rings. The van der Waals surface area contributed by atoms with E-state index in [1.807, 2.05) is 20.8 Å². The van der Waals surface area contributed by atoms with Crippen LogP contribution in [0, 0.1) is 0 Å². The van der Waals surface area contributed by atoms with Crippen LogP contribution < -0.4 is 23.8 Å². The van der Waals surface area contributed by atoms with Gasteiger partial charge in [-0.3, -0.25) is 13.9 Å². The summed E-state index contributed by atoms with van der Waals surface area (Å²) in [5.74, 6) is 0.490. The maximum Gasteiger partial charge on any atom is 0.244 e. The third-order valence-electron chi connectivity index (χ3n) is 5.97. The van der Waals surface area contributed by atoms with Gasteiger partial charge >= 0.3 is 0 Å². The first kappa shape index (κ1) is 29.1. The van der Waals surface area contributed by atoms with Crippen LogP contribution in [0.15, 0.2) is 42.5 Å². The van der Waals surface area contributed by atoms with Crippen molar-refractivity contribution in [1.29, 1.82) is 0 Å². The van der Waals surface area contributed by atoms with Crippen molar-refractivity contribution in [3.63, 3.8) is 0 Å². The van der Waals surface area contributed by atoms with Crippen LogP contribution in [-0.4, -0.2) is 69.3 Å². The molecular formula is C27H37N3O7S. The highest BCUT2D eigenvalue weighted by atomic mass is 32.2. The molecule has 3 rings (SSSR count). The van der Waals surface area contributed by atoms with E-state index in [1.54, 1.807) is 56.5 Å². The van der Waals surface area contributed by atoms with Crippen LogP contribution >= 0.6 is 0 Å². The molecule has 0 saturated heterocycles. The Kier molecular flexibility index (Phi) is 9.14. The van der Waals surface area contributed by atoms with Crippen LogP contribution in [0.1, 0.15) is 40.2 Å². The number of nitrogens with zero attached hydrogens (tertiary/aromatic N) is 2. The number of anilines is 1. The molecule has 1 aliphatic rings. The highest BCUT2D eigenvalue weighted by Gasteiger charge is 2.32. The van der Waals surface area contributed by atoms with Gasteiger partial charge < -0.3 is 24.4 Å². The van der Waals surface area contributed by atoms with Gasteiger partial charge in [0.15, 0.2) is 11.5 Å². The second-order valence-corrected chi connectivity index (χ2v) is 12.2. The molecule has 1 aliphatic heterocycles. The number of methoxy groups -OCH3 is 1. The number of fused-ring (bicyclic) bond motifs is 1. The molecule has 208 valence electrons. The zero-order valence-corrected chi connectivity index (χ0v) is 23.6. The zero-order valence-electron chi connectivity index (χ0n) is 22.8. The predicted molar refractivity (Wildman–Crippen MR) is 145 cm³/mol. The maximum atomic E-state index is 13.8. The summed E-state index contributed by atoms with van der Waals surface area (Å²) < 4.78 is 43.7. The number of sulfonamides is 1. The minimum absolute atomic E-state index is 0.0999. The van der Waals surface area contributed by atoms with Crippen molar-refractivity contribution in [2.75, 3.05) is 36.9 Å². The predicted octanol–water partition coefficient (Wildman–Crippen LogP) is 2.95. The number of nitrogens with one attached hydrogen (secondary N) is 1. The number of rotatable bonds is 10. The van der Waals surface area contributed by atoms with Gasteiger partial charge in [-0.2, -0.15) is 0 Å². The highest BCUT2D eigenvalue weighted by molar-refractivity contribution is 7.92. The van der Waals surface area contributed by atoms with Gasteiger partial charge in [0.2, 0.25) is 21.8 Å². The number of hydrogen-bond donors (Lipinski definition) is 1. The van der Waals surface area contributed by atoms with Gasteiger partial charge in [-0.1, -0.05) is 12.1 Å². The molecule has 0 saturated carbocycles. The Morgan fingerprint density at radius 2 is 1.68 bits per heavy atom. The van der Waals surface area contributed by atoms with Gasteiger partial charge in [0, 0.05) is 18.2 Å². The molecule has 0 radical (unpaired) electrons. The first-order valence-corrected chi connectivity index (χ1v) is 14.1. The van der Waals surface area contributed by atoms with Crippen LogP contribution in [0.25, 0.3) is 0 Å². The van der Waals surface area contributed by atoms with E-state index in [4.69, 9.17) is 14.2 Å². The van der Waals surface area contributed by atoms with E-state index in [0.29, 0.717) is 30.5 Å². The zero-order chi connectivity index (χ0) is 28.1. The summed E-state index contributed by atoms with van der Waals surface area (Å²) in [5, 5.41) is 2.90. The van der Waals surface area contributed by atoms with Crippen molar-refractivity contribution in [3.05, 3.63) is 48.0 Å². The molecule has 0 spiro atoms. The minimum Gasteiger partial charge on any atom is -0.497 e. The van der Waals surface area contributed by atoms with E-state index < -0.39 is 34.1 Å². The molecule has 1 heterocycles. The minimum atomic E-state index is -3.85. The SMILES string of the molecule is CCS(=O)(=O)N(CC(=O)N(Cc1ccc(OC)cc1)C(C)C(=O)NC(C)(C)C)c1ccc2c(c1)OCCO2. The van der Waals surface area contributed by atoms with Crippen LogP contribution in [0.5, 0.6) is 17.2 Å². The quantitative estimate of drug-likeness (QED) is 0.486. The van der Waals surface area contributed by atoms with Crippen molar-refractivity contribution in [3.8, 4) is 17.2 Å². The Balaban J connectivity index is 1.95. The second-order valence-electron chi connectivity index (χ2n) is 10.0. The van der Waals surface area contributed by atoms with E-state index in [-0.39, 0.29) is 23.9 Å². The van der Waals surface area contributed by atoms with Crippen molar-refractivity contribution >= 4 is 27.5 Å². The standard InChI is InChI=1S/C27H37N3O7S/c1-7-38(33,34)30(21-10-13-23-24(16-21)37-15-14-36-23)18-25(31)29(19(2)26(32)28-27(3,4)5)17-20-8-11-22(35-6)12-9-20/h8-13,16,19H,7,14-15,17-18H2,1-6H3,(H,28,32). The summed E-state index contributed by atoms with van der Waals surface area (Å²) in [6.07, 6.45) is 0. The Bertz CT molecular complexity index is 1240. The molecule has 38 heavy (non-hydrogen) atoms. The molecule has 0 aromatic heterocycles. The van der Waals surface area contributed by atoms with Gasteiger partial charge in [-0.05, 0) is 64.4 Å². The van der Waals surface area contributed by atoms with Gasteiger partial charge in [-0.15, -0.1) is 0 Å². The second kappa shape index (κ2) is 11.9. The number of amides is 2. The molecule has 2 aromatic carbocycles. The third-order valence-corrected chi connectivity index (χ3v) is 7.71. The highest BCUT2D eigenvalue weighted by Crippen LogP contribution is 2.35. The smallest absolute Gasteiger partial charge is 0.244 e. The molecule has 2 amide bonds. The number of carbonyl (C=O) groups is 2. The molecule has 10 nitrogen and oxygen atoms in total. The Hall–Kier alpha value is -3.47. The van der Waals surface area contributed by atoms with Crippen molar-refractivity contribution < 1.29 is 32.2 Å². The fourth-order valence-electron chi connectivity index (χ4n) is 3.89. The van der Waals surface area contributed by atoms with Crippen LogP contribution in [-0.2, 0) is 26.2 Å². The topological polar surface area (TPSA) is 114 Å². The van der Waals surface area contributed by atoms with E-state index in [2.05, 4.69) is 5.32 Å². The van der Waals surface area contributed by atoms with Gasteiger partial charge in [0.05, 0.1) is 18.6 Å².